The second kappa shape index (κ2) is 4.12. The lowest BCUT2D eigenvalue weighted by Gasteiger charge is -2.04. The maximum absolute atomic E-state index is 9.41. The molecule has 2 nitrogen and oxygen atoms in total. The van der Waals surface area contributed by atoms with Crippen molar-refractivity contribution in [3.05, 3.63) is 29.3 Å². The Balaban J connectivity index is 2.75. The van der Waals surface area contributed by atoms with E-state index < -0.39 is 0 Å². The zero-order chi connectivity index (χ0) is 8.97. The molecule has 0 unspecified atom stereocenters. The molecule has 2 heteroatoms. The number of rotatable bonds is 3. The Hall–Kier alpha value is -1.02. The van der Waals surface area contributed by atoms with E-state index in [1.165, 1.54) is 5.56 Å². The molecule has 1 aromatic rings. The first-order chi connectivity index (χ1) is 5.74. The molecule has 0 spiro atoms. The van der Waals surface area contributed by atoms with E-state index in [2.05, 4.69) is 0 Å². The first-order valence-electron chi connectivity index (χ1n) is 4.01. The van der Waals surface area contributed by atoms with Crippen LogP contribution in [-0.2, 0) is 11.2 Å². The Morgan fingerprint density at radius 1 is 1.42 bits per heavy atom. The fourth-order valence-electron chi connectivity index (χ4n) is 1.13. The zero-order valence-electron chi connectivity index (χ0n) is 7.50. The van der Waals surface area contributed by atoms with E-state index in [0.29, 0.717) is 12.4 Å². The van der Waals surface area contributed by atoms with Gasteiger partial charge in [-0.2, -0.15) is 0 Å². The molecule has 0 saturated carbocycles. The van der Waals surface area contributed by atoms with Crippen LogP contribution >= 0.6 is 0 Å². The molecule has 1 aromatic carbocycles. The van der Waals surface area contributed by atoms with Gasteiger partial charge in [-0.25, -0.2) is 0 Å². The van der Waals surface area contributed by atoms with Crippen LogP contribution in [0.5, 0.6) is 5.75 Å². The van der Waals surface area contributed by atoms with Gasteiger partial charge in [-0.3, -0.25) is 0 Å². The van der Waals surface area contributed by atoms with Gasteiger partial charge >= 0.3 is 0 Å². The zero-order valence-corrected chi connectivity index (χ0v) is 7.50. The van der Waals surface area contributed by atoms with E-state index in [1.54, 1.807) is 13.2 Å². The summed E-state index contributed by atoms with van der Waals surface area (Å²) in [6, 6.07) is 5.60. The van der Waals surface area contributed by atoms with Gasteiger partial charge in [0.2, 0.25) is 0 Å². The van der Waals surface area contributed by atoms with Gasteiger partial charge in [0, 0.05) is 7.11 Å². The van der Waals surface area contributed by atoms with Crippen molar-refractivity contribution in [2.75, 3.05) is 13.7 Å². The van der Waals surface area contributed by atoms with Gasteiger partial charge in [-0.15, -0.1) is 0 Å². The van der Waals surface area contributed by atoms with Gasteiger partial charge in [-0.05, 0) is 25.0 Å². The highest BCUT2D eigenvalue weighted by atomic mass is 16.5. The number of ether oxygens (including phenoxy) is 1. The standard InChI is InChI=1S/C10H14O2/c1-8-3-4-10(11)9(7-8)5-6-12-2/h3-4,7,11H,5-6H2,1-2H3. The van der Waals surface area contributed by atoms with Gasteiger partial charge in [0.05, 0.1) is 6.61 Å². The lowest BCUT2D eigenvalue weighted by Crippen LogP contribution is -1.95. The largest absolute Gasteiger partial charge is 0.508 e. The van der Waals surface area contributed by atoms with Crippen LogP contribution in [-0.4, -0.2) is 18.8 Å². The van der Waals surface area contributed by atoms with Crippen LogP contribution in [0.4, 0.5) is 0 Å². The van der Waals surface area contributed by atoms with Crippen LogP contribution in [0, 0.1) is 6.92 Å². The Labute approximate surface area is 72.8 Å². The molecule has 0 aliphatic rings. The van der Waals surface area contributed by atoms with Crippen LogP contribution in [0.2, 0.25) is 0 Å². The molecule has 0 saturated heterocycles. The Bertz CT molecular complexity index is 256. The third-order valence-electron chi connectivity index (χ3n) is 1.81. The van der Waals surface area contributed by atoms with Crippen molar-refractivity contribution < 1.29 is 9.84 Å². The number of benzene rings is 1. The molecule has 66 valence electrons. The van der Waals surface area contributed by atoms with Gasteiger partial charge in [-0.1, -0.05) is 17.7 Å². The van der Waals surface area contributed by atoms with Gasteiger partial charge < -0.3 is 9.84 Å². The predicted octanol–water partition coefficient (Wildman–Crippen LogP) is 1.89. The lowest BCUT2D eigenvalue weighted by molar-refractivity contribution is 0.201. The van der Waals surface area contributed by atoms with Crippen LogP contribution in [0.1, 0.15) is 11.1 Å². The van der Waals surface area contributed by atoms with E-state index in [-0.39, 0.29) is 0 Å². The summed E-state index contributed by atoms with van der Waals surface area (Å²) in [6.45, 7) is 2.66. The Morgan fingerprint density at radius 3 is 2.83 bits per heavy atom. The van der Waals surface area contributed by atoms with Gasteiger partial charge in [0.15, 0.2) is 0 Å². The average molecular weight is 166 g/mol. The third-order valence-corrected chi connectivity index (χ3v) is 1.81. The fraction of sp³-hybridized carbons (Fsp3) is 0.400. The van der Waals surface area contributed by atoms with Crippen molar-refractivity contribution in [3.8, 4) is 5.75 Å². The van der Waals surface area contributed by atoms with Crippen molar-refractivity contribution in [1.29, 1.82) is 0 Å². The average Bonchev–Trinajstić information content (AvgIpc) is 2.07. The Kier molecular flexibility index (Phi) is 3.11. The molecule has 0 radical (unpaired) electrons. The quantitative estimate of drug-likeness (QED) is 0.743. The summed E-state index contributed by atoms with van der Waals surface area (Å²) in [7, 11) is 1.66. The lowest BCUT2D eigenvalue weighted by atomic mass is 10.1. The molecule has 1 rings (SSSR count). The number of phenolic OH excluding ortho intramolecular Hbond substituents is 1. The summed E-state index contributed by atoms with van der Waals surface area (Å²) in [4.78, 5) is 0. The monoisotopic (exact) mass is 166 g/mol. The van der Waals surface area contributed by atoms with Gasteiger partial charge in [0.1, 0.15) is 5.75 Å². The minimum Gasteiger partial charge on any atom is -0.508 e. The summed E-state index contributed by atoms with van der Waals surface area (Å²) in [5, 5.41) is 9.41. The molecule has 0 fully saturated rings. The van der Waals surface area contributed by atoms with Crippen molar-refractivity contribution in [2.24, 2.45) is 0 Å². The smallest absolute Gasteiger partial charge is 0.118 e. The number of aryl methyl sites for hydroxylation is 1. The van der Waals surface area contributed by atoms with E-state index in [9.17, 15) is 5.11 Å². The third kappa shape index (κ3) is 2.24. The highest BCUT2D eigenvalue weighted by molar-refractivity contribution is 5.35. The normalized spacial score (nSPS) is 10.2. The maximum Gasteiger partial charge on any atom is 0.118 e. The van der Waals surface area contributed by atoms with Crippen molar-refractivity contribution in [1.82, 2.24) is 0 Å². The van der Waals surface area contributed by atoms with Crippen molar-refractivity contribution >= 4 is 0 Å². The van der Waals surface area contributed by atoms with E-state index in [1.807, 2.05) is 19.1 Å². The molecule has 0 aromatic heterocycles. The first kappa shape index (κ1) is 9.07. The molecular weight excluding hydrogens is 152 g/mol. The minimum absolute atomic E-state index is 0.359. The summed E-state index contributed by atoms with van der Waals surface area (Å²) in [5.41, 5.74) is 2.12. The number of hydrogen-bond acceptors (Lipinski definition) is 2. The molecule has 0 amide bonds. The van der Waals surface area contributed by atoms with E-state index >= 15 is 0 Å². The molecule has 0 bridgehead atoms. The first-order valence-corrected chi connectivity index (χ1v) is 4.01. The fourth-order valence-corrected chi connectivity index (χ4v) is 1.13. The van der Waals surface area contributed by atoms with Crippen LogP contribution in [0.25, 0.3) is 0 Å². The van der Waals surface area contributed by atoms with Gasteiger partial charge in [0.25, 0.3) is 0 Å². The summed E-state index contributed by atoms with van der Waals surface area (Å²) in [6.07, 6.45) is 0.768. The number of aromatic hydroxyl groups is 1. The molecule has 1 N–H and O–H groups in total. The molecule has 0 atom stereocenters. The second-order valence-corrected chi connectivity index (χ2v) is 2.87. The number of hydrogen-bond donors (Lipinski definition) is 1. The highest BCUT2D eigenvalue weighted by Gasteiger charge is 1.99. The highest BCUT2D eigenvalue weighted by Crippen LogP contribution is 2.18. The maximum atomic E-state index is 9.41. The molecule has 0 heterocycles. The van der Waals surface area contributed by atoms with E-state index in [0.717, 1.165) is 12.0 Å². The topological polar surface area (TPSA) is 29.5 Å². The van der Waals surface area contributed by atoms with Crippen molar-refractivity contribution in [2.45, 2.75) is 13.3 Å². The molecular formula is C10H14O2. The summed E-state index contributed by atoms with van der Waals surface area (Å²) in [5.74, 6) is 0.359. The summed E-state index contributed by atoms with van der Waals surface area (Å²) >= 11 is 0. The van der Waals surface area contributed by atoms with Crippen LogP contribution < -0.4 is 0 Å². The number of phenols is 1. The Morgan fingerprint density at radius 2 is 2.17 bits per heavy atom. The molecule has 0 aliphatic carbocycles. The summed E-state index contributed by atoms with van der Waals surface area (Å²) < 4.78 is 4.93. The van der Waals surface area contributed by atoms with Crippen LogP contribution in [0.3, 0.4) is 0 Å². The predicted molar refractivity (Wildman–Crippen MR) is 48.4 cm³/mol. The second-order valence-electron chi connectivity index (χ2n) is 2.87. The van der Waals surface area contributed by atoms with E-state index in [4.69, 9.17) is 4.74 Å². The minimum atomic E-state index is 0.359. The SMILES string of the molecule is COCCc1cc(C)ccc1O. The molecule has 12 heavy (non-hydrogen) atoms. The number of methoxy groups -OCH3 is 1. The van der Waals surface area contributed by atoms with Crippen LogP contribution in [0.15, 0.2) is 18.2 Å². The molecule has 0 aliphatic heterocycles. The van der Waals surface area contributed by atoms with Crippen molar-refractivity contribution in [3.63, 3.8) is 0 Å².